The molecule has 14 heteroatoms. The Morgan fingerprint density at radius 3 is 1.75 bits per heavy atom. The van der Waals surface area contributed by atoms with E-state index in [9.17, 15) is 42.2 Å². The lowest BCUT2D eigenvalue weighted by molar-refractivity contribution is -0.298. The molecule has 120 valence electrons. The van der Waals surface area contributed by atoms with Gasteiger partial charge in [0.05, 0.1) is 6.61 Å². The highest BCUT2D eigenvalue weighted by molar-refractivity contribution is 8.10. The molecule has 0 heterocycles. The fourth-order valence-electron chi connectivity index (χ4n) is 0.747. The maximum atomic E-state index is 12.6. The van der Waals surface area contributed by atoms with Crippen molar-refractivity contribution in [3.63, 3.8) is 0 Å². The average molecular weight is 352 g/mol. The molecule has 0 atom stereocenters. The van der Waals surface area contributed by atoms with Gasteiger partial charge in [0.2, 0.25) is 0 Å². The molecule has 0 aliphatic heterocycles. The van der Waals surface area contributed by atoms with Crippen LogP contribution in [0.5, 0.6) is 0 Å². The molecule has 0 amide bonds. The van der Waals surface area contributed by atoms with Gasteiger partial charge >= 0.3 is 43.2 Å². The molecule has 0 fully saturated rings. The monoisotopic (exact) mass is 352 g/mol. The highest BCUT2D eigenvalue weighted by Gasteiger charge is 2.48. The summed E-state index contributed by atoms with van der Waals surface area (Å²) in [4.78, 5) is 0. The zero-order valence-corrected chi connectivity index (χ0v) is 11.0. The second-order valence-electron chi connectivity index (χ2n) is 2.85. The van der Waals surface area contributed by atoms with Crippen LogP contribution >= 0.6 is 0 Å². The zero-order chi connectivity index (χ0) is 16.4. The third kappa shape index (κ3) is 5.07. The summed E-state index contributed by atoms with van der Waals surface area (Å²) >= 11 is 0. The summed E-state index contributed by atoms with van der Waals surface area (Å²) in [5, 5.41) is 0. The number of halogens is 6. The van der Waals surface area contributed by atoms with E-state index in [0.717, 1.165) is 6.92 Å². The first-order valence-electron chi connectivity index (χ1n) is 4.34. The van der Waals surface area contributed by atoms with E-state index in [1.807, 2.05) is 0 Å². The van der Waals surface area contributed by atoms with Crippen molar-refractivity contribution in [2.24, 2.45) is 0 Å². The smallest absolute Gasteiger partial charge is 0.463 e. The van der Waals surface area contributed by atoms with Gasteiger partial charge in [0, 0.05) is 0 Å². The Bertz CT molecular complexity index is 545. The summed E-state index contributed by atoms with van der Waals surface area (Å²) in [6, 6.07) is 0. The Morgan fingerprint density at radius 2 is 1.50 bits per heavy atom. The largest absolute Gasteiger partial charge is 0.464 e. The third-order valence-corrected chi connectivity index (χ3v) is 3.78. The quantitative estimate of drug-likeness (QED) is 0.393. The van der Waals surface area contributed by atoms with Crippen LogP contribution < -0.4 is 0 Å². The molecule has 0 saturated heterocycles. The van der Waals surface area contributed by atoms with Crippen LogP contribution in [-0.2, 0) is 29.9 Å². The van der Waals surface area contributed by atoms with Crippen molar-refractivity contribution in [1.82, 2.24) is 0 Å². The number of rotatable bonds is 7. The van der Waals surface area contributed by atoms with Gasteiger partial charge in [0.15, 0.2) is 0 Å². The third-order valence-electron chi connectivity index (χ3n) is 1.37. The fourth-order valence-corrected chi connectivity index (χ4v) is 2.30. The van der Waals surface area contributed by atoms with E-state index in [2.05, 4.69) is 9.47 Å². The molecule has 0 aliphatic carbocycles. The van der Waals surface area contributed by atoms with Gasteiger partial charge in [0.25, 0.3) is 0 Å². The Hall–Kier alpha value is -1.18. The molecule has 0 bridgehead atoms. The molecule has 0 unspecified atom stereocenters. The van der Waals surface area contributed by atoms with Gasteiger partial charge in [-0.3, -0.25) is 0 Å². The zero-order valence-electron chi connectivity index (χ0n) is 9.32. The van der Waals surface area contributed by atoms with Crippen molar-refractivity contribution in [2.75, 3.05) is 6.61 Å². The van der Waals surface area contributed by atoms with E-state index in [4.69, 9.17) is 0 Å². The molecule has 0 N–H and O–H groups in total. The predicted octanol–water partition coefficient (Wildman–Crippen LogP) is 1.62. The standard InChI is InChI=1S/C6H6F6O6S2/c1-2-17-3(18-6(9,10)5(7)8)4(19(11,13)14)20(12,15)16/h5H,2H2,1H3. The lowest BCUT2D eigenvalue weighted by Gasteiger charge is -2.19. The molecule has 0 aliphatic rings. The molecule has 0 aromatic heterocycles. The van der Waals surface area contributed by atoms with Gasteiger partial charge in [-0.1, -0.05) is 7.77 Å². The van der Waals surface area contributed by atoms with E-state index in [1.165, 1.54) is 0 Å². The fraction of sp³-hybridized carbons (Fsp3) is 0.667. The average Bonchev–Trinajstić information content (AvgIpc) is 2.11. The molecule has 0 radical (unpaired) electrons. The van der Waals surface area contributed by atoms with Crippen LogP contribution in [0, 0.1) is 0 Å². The highest BCUT2D eigenvalue weighted by atomic mass is 32.3. The van der Waals surface area contributed by atoms with Crippen LogP contribution in [0.25, 0.3) is 0 Å². The van der Waals surface area contributed by atoms with Gasteiger partial charge in [-0.2, -0.15) is 34.4 Å². The van der Waals surface area contributed by atoms with Crippen molar-refractivity contribution in [3.05, 3.63) is 10.2 Å². The van der Waals surface area contributed by atoms with E-state index in [0.29, 0.717) is 0 Å². The van der Waals surface area contributed by atoms with Crippen LogP contribution in [-0.4, -0.2) is 36.0 Å². The molecular formula is C6H6F6O6S2. The first-order valence-corrected chi connectivity index (χ1v) is 7.11. The van der Waals surface area contributed by atoms with E-state index in [-0.39, 0.29) is 0 Å². The van der Waals surface area contributed by atoms with Crippen LogP contribution in [0.4, 0.5) is 25.3 Å². The Balaban J connectivity index is 6.15. The summed E-state index contributed by atoms with van der Waals surface area (Å²) in [6.45, 7) is 0.125. The number of hydrogen-bond donors (Lipinski definition) is 0. The Labute approximate surface area is 109 Å². The van der Waals surface area contributed by atoms with E-state index >= 15 is 0 Å². The van der Waals surface area contributed by atoms with Crippen molar-refractivity contribution >= 4 is 20.4 Å². The minimum atomic E-state index is -6.45. The van der Waals surface area contributed by atoms with Gasteiger partial charge in [-0.15, -0.1) is 0 Å². The molecule has 0 spiro atoms. The molecule has 0 aromatic carbocycles. The molecule has 0 rings (SSSR count). The number of alkyl halides is 4. The summed E-state index contributed by atoms with van der Waals surface area (Å²) in [7, 11) is -12.9. The minimum absolute atomic E-state index is 0.816. The number of hydrogen-bond acceptors (Lipinski definition) is 6. The first-order chi connectivity index (χ1) is 8.73. The molecule has 0 aromatic rings. The SMILES string of the molecule is CCOC(OC(F)(F)C(F)F)=C(S(=O)(=O)F)S(=O)(=O)F. The summed E-state index contributed by atoms with van der Waals surface area (Å²) in [5.41, 5.74) is 0. The predicted molar refractivity (Wildman–Crippen MR) is 50.7 cm³/mol. The van der Waals surface area contributed by atoms with Gasteiger partial charge in [0.1, 0.15) is 0 Å². The maximum Gasteiger partial charge on any atom is 0.463 e. The molecule has 20 heavy (non-hydrogen) atoms. The van der Waals surface area contributed by atoms with Gasteiger partial charge < -0.3 is 9.47 Å². The van der Waals surface area contributed by atoms with Gasteiger partial charge in [-0.25, -0.2) is 0 Å². The highest BCUT2D eigenvalue weighted by Crippen LogP contribution is 2.32. The van der Waals surface area contributed by atoms with Crippen molar-refractivity contribution in [2.45, 2.75) is 19.5 Å². The van der Waals surface area contributed by atoms with Crippen LogP contribution in [0.1, 0.15) is 6.92 Å². The maximum absolute atomic E-state index is 12.6. The molecular weight excluding hydrogens is 346 g/mol. The Morgan fingerprint density at radius 1 is 1.10 bits per heavy atom. The lowest BCUT2D eigenvalue weighted by atomic mass is 10.6. The first kappa shape index (κ1) is 18.8. The van der Waals surface area contributed by atoms with Crippen molar-refractivity contribution in [3.8, 4) is 0 Å². The van der Waals surface area contributed by atoms with Crippen LogP contribution in [0.2, 0.25) is 0 Å². The normalized spacial score (nSPS) is 13.2. The van der Waals surface area contributed by atoms with E-state index in [1.54, 1.807) is 0 Å². The van der Waals surface area contributed by atoms with Crippen LogP contribution in [0.15, 0.2) is 10.2 Å². The van der Waals surface area contributed by atoms with E-state index < -0.39 is 49.8 Å². The Kier molecular flexibility index (Phi) is 5.71. The summed E-state index contributed by atoms with van der Waals surface area (Å²) in [6.07, 6.45) is -9.99. The minimum Gasteiger partial charge on any atom is -0.464 e. The number of ether oxygens (including phenoxy) is 2. The van der Waals surface area contributed by atoms with Gasteiger partial charge in [-0.05, 0) is 6.92 Å². The topological polar surface area (TPSA) is 86.7 Å². The summed E-state index contributed by atoms with van der Waals surface area (Å²) < 4.78 is 119. The van der Waals surface area contributed by atoms with Crippen LogP contribution in [0.3, 0.4) is 0 Å². The second-order valence-corrected chi connectivity index (χ2v) is 5.67. The second kappa shape index (κ2) is 6.07. The molecule has 0 saturated carbocycles. The molecule has 6 nitrogen and oxygen atoms in total. The lowest BCUT2D eigenvalue weighted by Crippen LogP contribution is -2.31. The van der Waals surface area contributed by atoms with Crippen molar-refractivity contribution < 1.29 is 51.6 Å². The van der Waals surface area contributed by atoms with Crippen molar-refractivity contribution in [1.29, 1.82) is 0 Å². The summed E-state index contributed by atoms with van der Waals surface area (Å²) in [5.74, 6) is -2.44.